The van der Waals surface area contributed by atoms with E-state index in [0.717, 1.165) is 3.02 Å². The Morgan fingerprint density at radius 1 is 1.44 bits per heavy atom. The molecule has 0 amide bonds. The second-order valence-electron chi connectivity index (χ2n) is 4.20. The number of thiazole rings is 1. The number of halogens is 1. The average Bonchev–Trinajstić information content (AvgIpc) is 2.73. The molecule has 0 saturated heterocycles. The Morgan fingerprint density at radius 3 is 2.72 bits per heavy atom. The summed E-state index contributed by atoms with van der Waals surface area (Å²) in [5, 5.41) is 9.17. The third-order valence-electron chi connectivity index (χ3n) is 2.43. The Labute approximate surface area is 115 Å². The second kappa shape index (κ2) is 5.36. The molecule has 2 rings (SSSR count). The van der Waals surface area contributed by atoms with Gasteiger partial charge in [-0.3, -0.25) is 0 Å². The van der Waals surface area contributed by atoms with Crippen molar-refractivity contribution in [1.82, 2.24) is 4.98 Å². The number of hydrogen-bond acceptors (Lipinski definition) is 3. The molecule has 0 fully saturated rings. The fraction of sp³-hybridized carbons (Fsp3) is 0.167. The third kappa shape index (κ3) is 2.72. The van der Waals surface area contributed by atoms with Crippen LogP contribution in [0.15, 0.2) is 24.3 Å². The molecule has 0 bridgehead atoms. The van der Waals surface area contributed by atoms with Gasteiger partial charge in [-0.25, -0.2) is 0 Å². The van der Waals surface area contributed by atoms with Gasteiger partial charge in [-0.1, -0.05) is 0 Å². The minimum absolute atomic E-state index is 0.0472. The summed E-state index contributed by atoms with van der Waals surface area (Å²) in [6.07, 6.45) is 0. The van der Waals surface area contributed by atoms with Crippen LogP contribution in [0.1, 0.15) is 10.5 Å². The molecular weight excluding hydrogens is 360 g/mol. The summed E-state index contributed by atoms with van der Waals surface area (Å²) in [5.41, 5.74) is 0.633. The quantitative estimate of drug-likeness (QED) is 0.842. The number of nitrogens with zero attached hydrogens (tertiary/aromatic N) is 1. The molecular formula is C12H12FNO2SSn. The van der Waals surface area contributed by atoms with Gasteiger partial charge in [0.15, 0.2) is 0 Å². The SMILES string of the molecule is [CH3][SnH]([CH3])[c]1nc(C(=O)O)c(-c2cccc(F)c2)s1. The fourth-order valence-corrected chi connectivity index (χ4v) is 6.74. The van der Waals surface area contributed by atoms with Crippen molar-refractivity contribution in [3.8, 4) is 10.4 Å². The first kappa shape index (κ1) is 13.5. The van der Waals surface area contributed by atoms with Crippen molar-refractivity contribution in [1.29, 1.82) is 0 Å². The number of rotatable bonds is 3. The number of carboxylic acid groups (broad SMARTS) is 1. The van der Waals surface area contributed by atoms with Gasteiger partial charge in [0.05, 0.1) is 0 Å². The summed E-state index contributed by atoms with van der Waals surface area (Å²) < 4.78 is 14.2. The Bertz CT molecular complexity index is 598. The van der Waals surface area contributed by atoms with Gasteiger partial charge in [0, 0.05) is 0 Å². The standard InChI is InChI=1S/C10H5FNO2S.2CH3.Sn.H/c11-7-3-1-2-6(4-7)9-8(10(13)14)12-5-15-9;;;;/h1-4H,(H,13,14);2*1H3;;. The van der Waals surface area contributed by atoms with Gasteiger partial charge >= 0.3 is 115 Å². The van der Waals surface area contributed by atoms with Crippen molar-refractivity contribution in [3.63, 3.8) is 0 Å². The number of hydrogen-bond donors (Lipinski definition) is 1. The van der Waals surface area contributed by atoms with Crippen LogP contribution in [0.3, 0.4) is 0 Å². The van der Waals surface area contributed by atoms with Crippen LogP contribution in [0.25, 0.3) is 10.4 Å². The normalized spacial score (nSPS) is 10.9. The summed E-state index contributed by atoms with van der Waals surface area (Å²) >= 11 is -0.442. The predicted molar refractivity (Wildman–Crippen MR) is 73.0 cm³/mol. The van der Waals surface area contributed by atoms with Crippen LogP contribution in [-0.4, -0.2) is 35.8 Å². The molecule has 0 spiro atoms. The Balaban J connectivity index is 2.58. The number of carbonyl (C=O) groups is 1. The summed E-state index contributed by atoms with van der Waals surface area (Å²) in [4.78, 5) is 20.3. The summed E-state index contributed by atoms with van der Waals surface area (Å²) in [5.74, 6) is -1.42. The van der Waals surface area contributed by atoms with E-state index in [9.17, 15) is 9.18 Å². The number of aromatic carboxylic acids is 1. The zero-order valence-electron chi connectivity index (χ0n) is 9.98. The van der Waals surface area contributed by atoms with E-state index in [-0.39, 0.29) is 11.5 Å². The van der Waals surface area contributed by atoms with Crippen molar-refractivity contribution >= 4 is 40.1 Å². The van der Waals surface area contributed by atoms with E-state index >= 15 is 0 Å². The summed E-state index contributed by atoms with van der Waals surface area (Å²) in [6.45, 7) is 0. The molecule has 94 valence electrons. The van der Waals surface area contributed by atoms with Crippen LogP contribution in [0.5, 0.6) is 0 Å². The van der Waals surface area contributed by atoms with E-state index in [2.05, 4.69) is 14.9 Å². The van der Waals surface area contributed by atoms with Crippen LogP contribution < -0.4 is 3.02 Å². The van der Waals surface area contributed by atoms with Gasteiger partial charge in [-0.05, 0) is 0 Å². The van der Waals surface area contributed by atoms with Gasteiger partial charge < -0.3 is 0 Å². The molecule has 0 atom stereocenters. The molecule has 0 radical (unpaired) electrons. The first-order chi connectivity index (χ1) is 8.49. The summed E-state index contributed by atoms with van der Waals surface area (Å²) in [7, 11) is 0. The molecule has 0 aliphatic carbocycles. The Hall–Kier alpha value is -0.951. The second-order valence-corrected chi connectivity index (χ2v) is 14.6. The molecule has 1 aromatic carbocycles. The van der Waals surface area contributed by atoms with Crippen LogP contribution in [-0.2, 0) is 0 Å². The first-order valence-electron chi connectivity index (χ1n) is 5.49. The van der Waals surface area contributed by atoms with E-state index in [0.29, 0.717) is 10.4 Å². The minimum atomic E-state index is -1.83. The fourth-order valence-electron chi connectivity index (χ4n) is 1.55. The van der Waals surface area contributed by atoms with Crippen LogP contribution >= 0.6 is 11.3 Å². The molecule has 0 unspecified atom stereocenters. The van der Waals surface area contributed by atoms with Crippen molar-refractivity contribution in [2.24, 2.45) is 0 Å². The molecule has 18 heavy (non-hydrogen) atoms. The van der Waals surface area contributed by atoms with Gasteiger partial charge in [0.25, 0.3) is 0 Å². The zero-order valence-corrected chi connectivity index (χ0v) is 14.1. The topological polar surface area (TPSA) is 50.2 Å². The molecule has 1 heterocycles. The van der Waals surface area contributed by atoms with Gasteiger partial charge in [0.2, 0.25) is 0 Å². The molecule has 1 N–H and O–H groups in total. The Morgan fingerprint density at radius 2 is 2.17 bits per heavy atom. The molecule has 3 nitrogen and oxygen atoms in total. The van der Waals surface area contributed by atoms with Crippen molar-refractivity contribution in [2.75, 3.05) is 0 Å². The monoisotopic (exact) mass is 373 g/mol. The predicted octanol–water partition coefficient (Wildman–Crippen LogP) is 2.34. The zero-order chi connectivity index (χ0) is 13.3. The number of carboxylic acids is 1. The van der Waals surface area contributed by atoms with E-state index < -0.39 is 25.7 Å². The maximum atomic E-state index is 13.2. The van der Waals surface area contributed by atoms with Crippen molar-refractivity contribution in [2.45, 2.75) is 9.88 Å². The van der Waals surface area contributed by atoms with Gasteiger partial charge in [-0.2, -0.15) is 0 Å². The van der Waals surface area contributed by atoms with E-state index in [1.807, 2.05) is 0 Å². The molecule has 1 aromatic heterocycles. The average molecular weight is 372 g/mol. The van der Waals surface area contributed by atoms with E-state index in [1.165, 1.54) is 23.5 Å². The van der Waals surface area contributed by atoms with Gasteiger partial charge in [-0.15, -0.1) is 0 Å². The molecule has 0 saturated carbocycles. The molecule has 0 aliphatic heterocycles. The molecule has 2 aromatic rings. The number of aromatic nitrogens is 1. The van der Waals surface area contributed by atoms with Crippen LogP contribution in [0, 0.1) is 5.82 Å². The maximum absolute atomic E-state index is 13.2. The van der Waals surface area contributed by atoms with E-state index in [4.69, 9.17) is 5.11 Å². The van der Waals surface area contributed by atoms with Crippen LogP contribution in [0.4, 0.5) is 4.39 Å². The van der Waals surface area contributed by atoms with Crippen molar-refractivity contribution < 1.29 is 14.3 Å². The molecule has 0 aliphatic rings. The first-order valence-corrected chi connectivity index (χ1v) is 14.5. The van der Waals surface area contributed by atoms with Crippen LogP contribution in [0.2, 0.25) is 9.88 Å². The van der Waals surface area contributed by atoms with E-state index in [1.54, 1.807) is 12.1 Å². The summed E-state index contributed by atoms with van der Waals surface area (Å²) in [6, 6.07) is 5.98. The van der Waals surface area contributed by atoms with Crippen molar-refractivity contribution in [3.05, 3.63) is 35.8 Å². The van der Waals surface area contributed by atoms with Gasteiger partial charge in [0.1, 0.15) is 0 Å². The number of benzene rings is 1. The third-order valence-corrected chi connectivity index (χ3v) is 10.7. The Kier molecular flexibility index (Phi) is 4.01. The molecule has 6 heteroatoms.